The minimum Gasteiger partial charge on any atom is -0.476 e. The summed E-state index contributed by atoms with van der Waals surface area (Å²) in [6.45, 7) is 2.88. The molecule has 0 radical (unpaired) electrons. The molecule has 1 amide bonds. The summed E-state index contributed by atoms with van der Waals surface area (Å²) in [5, 5.41) is 0.645. The maximum absolute atomic E-state index is 12.6. The molecule has 27 heavy (non-hydrogen) atoms. The van der Waals surface area contributed by atoms with Gasteiger partial charge in [-0.25, -0.2) is 4.99 Å². The molecule has 2 heterocycles. The van der Waals surface area contributed by atoms with Crippen molar-refractivity contribution in [2.75, 3.05) is 26.2 Å². The minimum atomic E-state index is 0.0732. The largest absolute Gasteiger partial charge is 0.476 e. The standard InChI is InChI=1S/C22H21ClN2O2/c23-20-6-4-18(5-7-20)22(26)25-11-8-16(9-12-25)14-17-2-1-3-19(15-17)21-24-10-13-27-21/h1-7,14-15H,8-13H2. The molecule has 2 aromatic carbocycles. The van der Waals surface area contributed by atoms with Crippen molar-refractivity contribution in [3.63, 3.8) is 0 Å². The molecule has 0 spiro atoms. The van der Waals surface area contributed by atoms with Crippen LogP contribution in [0.1, 0.15) is 34.3 Å². The summed E-state index contributed by atoms with van der Waals surface area (Å²) in [4.78, 5) is 18.9. The van der Waals surface area contributed by atoms with Gasteiger partial charge in [-0.05, 0) is 54.8 Å². The number of hydrogen-bond donors (Lipinski definition) is 0. The number of hydrogen-bond acceptors (Lipinski definition) is 3. The highest BCUT2D eigenvalue weighted by Gasteiger charge is 2.20. The molecule has 0 aliphatic carbocycles. The summed E-state index contributed by atoms with van der Waals surface area (Å²) in [7, 11) is 0. The third-order valence-electron chi connectivity index (χ3n) is 4.87. The molecule has 0 unspecified atom stereocenters. The van der Waals surface area contributed by atoms with Gasteiger partial charge >= 0.3 is 0 Å². The predicted octanol–water partition coefficient (Wildman–Crippen LogP) is 4.44. The maximum atomic E-state index is 12.6. The van der Waals surface area contributed by atoms with E-state index in [0.717, 1.165) is 49.5 Å². The van der Waals surface area contributed by atoms with Crippen LogP contribution in [-0.2, 0) is 4.74 Å². The Kier molecular flexibility index (Phi) is 5.26. The van der Waals surface area contributed by atoms with Crippen LogP contribution in [0.2, 0.25) is 5.02 Å². The van der Waals surface area contributed by atoms with Crippen LogP contribution in [-0.4, -0.2) is 42.9 Å². The number of amides is 1. The van der Waals surface area contributed by atoms with E-state index in [-0.39, 0.29) is 5.91 Å². The van der Waals surface area contributed by atoms with Gasteiger partial charge in [-0.3, -0.25) is 4.79 Å². The average Bonchev–Trinajstić information content (AvgIpc) is 3.24. The Morgan fingerprint density at radius 1 is 1.11 bits per heavy atom. The maximum Gasteiger partial charge on any atom is 0.253 e. The van der Waals surface area contributed by atoms with Crippen LogP contribution < -0.4 is 0 Å². The van der Waals surface area contributed by atoms with Gasteiger partial charge in [0.05, 0.1) is 6.54 Å². The number of likely N-dealkylation sites (tertiary alicyclic amines) is 1. The first-order valence-electron chi connectivity index (χ1n) is 9.21. The lowest BCUT2D eigenvalue weighted by Crippen LogP contribution is -2.36. The number of nitrogens with zero attached hydrogens (tertiary/aromatic N) is 2. The van der Waals surface area contributed by atoms with Gasteiger partial charge in [0, 0.05) is 29.2 Å². The number of carbonyl (C=O) groups excluding carboxylic acids is 1. The van der Waals surface area contributed by atoms with Crippen molar-refractivity contribution in [1.82, 2.24) is 4.90 Å². The van der Waals surface area contributed by atoms with Gasteiger partial charge in [0.25, 0.3) is 5.91 Å². The molecular formula is C22H21ClN2O2. The lowest BCUT2D eigenvalue weighted by atomic mass is 9.99. The second kappa shape index (κ2) is 7.97. The zero-order valence-corrected chi connectivity index (χ0v) is 15.8. The number of carbonyl (C=O) groups is 1. The molecule has 2 aliphatic heterocycles. The van der Waals surface area contributed by atoms with Crippen LogP contribution in [0.5, 0.6) is 0 Å². The molecule has 2 aromatic rings. The van der Waals surface area contributed by atoms with Gasteiger partial charge in [0.1, 0.15) is 6.61 Å². The Labute approximate surface area is 164 Å². The third kappa shape index (κ3) is 4.22. The van der Waals surface area contributed by atoms with Crippen molar-refractivity contribution in [2.45, 2.75) is 12.8 Å². The van der Waals surface area contributed by atoms with Crippen molar-refractivity contribution in [2.24, 2.45) is 4.99 Å². The highest BCUT2D eigenvalue weighted by atomic mass is 35.5. The van der Waals surface area contributed by atoms with Gasteiger partial charge in [-0.1, -0.05) is 35.4 Å². The molecule has 4 nitrogen and oxygen atoms in total. The quantitative estimate of drug-likeness (QED) is 0.790. The Bertz CT molecular complexity index is 893. The number of halogens is 1. The number of benzene rings is 2. The Morgan fingerprint density at radius 3 is 2.59 bits per heavy atom. The molecule has 0 aromatic heterocycles. The SMILES string of the molecule is O=C(c1ccc(Cl)cc1)N1CCC(=Cc2cccc(C3=NCCO3)c2)CC1. The van der Waals surface area contributed by atoms with Crippen molar-refractivity contribution in [1.29, 1.82) is 0 Å². The van der Waals surface area contributed by atoms with Crippen molar-refractivity contribution < 1.29 is 9.53 Å². The van der Waals surface area contributed by atoms with Gasteiger partial charge < -0.3 is 9.64 Å². The first-order valence-corrected chi connectivity index (χ1v) is 9.59. The zero-order chi connectivity index (χ0) is 18.6. The molecule has 0 saturated carbocycles. The molecule has 2 aliphatic rings. The summed E-state index contributed by atoms with van der Waals surface area (Å²) in [6, 6.07) is 15.4. The third-order valence-corrected chi connectivity index (χ3v) is 5.13. The van der Waals surface area contributed by atoms with E-state index in [2.05, 4.69) is 23.2 Å². The van der Waals surface area contributed by atoms with E-state index in [0.29, 0.717) is 17.2 Å². The highest BCUT2D eigenvalue weighted by molar-refractivity contribution is 6.30. The number of piperidine rings is 1. The summed E-state index contributed by atoms with van der Waals surface area (Å²) in [6.07, 6.45) is 4.01. The van der Waals surface area contributed by atoms with Gasteiger partial charge in [0.2, 0.25) is 5.90 Å². The summed E-state index contributed by atoms with van der Waals surface area (Å²) in [5.74, 6) is 0.808. The minimum absolute atomic E-state index is 0.0732. The van der Waals surface area contributed by atoms with Crippen LogP contribution in [0.3, 0.4) is 0 Å². The normalized spacial score (nSPS) is 16.7. The zero-order valence-electron chi connectivity index (χ0n) is 15.0. The van der Waals surface area contributed by atoms with Crippen LogP contribution in [0.4, 0.5) is 0 Å². The first-order chi connectivity index (χ1) is 13.2. The molecule has 1 fully saturated rings. The summed E-state index contributed by atoms with van der Waals surface area (Å²) >= 11 is 5.90. The van der Waals surface area contributed by atoms with Crippen molar-refractivity contribution in [3.8, 4) is 0 Å². The molecule has 5 heteroatoms. The van der Waals surface area contributed by atoms with E-state index in [4.69, 9.17) is 16.3 Å². The molecule has 1 saturated heterocycles. The van der Waals surface area contributed by atoms with Crippen LogP contribution >= 0.6 is 11.6 Å². The lowest BCUT2D eigenvalue weighted by Gasteiger charge is -2.28. The Morgan fingerprint density at radius 2 is 1.89 bits per heavy atom. The van der Waals surface area contributed by atoms with Crippen LogP contribution in [0, 0.1) is 0 Å². The number of aliphatic imine (C=N–C) groups is 1. The predicted molar refractivity (Wildman–Crippen MR) is 108 cm³/mol. The van der Waals surface area contributed by atoms with Crippen molar-refractivity contribution in [3.05, 3.63) is 75.8 Å². The second-order valence-electron chi connectivity index (χ2n) is 6.76. The molecule has 138 valence electrons. The second-order valence-corrected chi connectivity index (χ2v) is 7.20. The molecule has 0 N–H and O–H groups in total. The van der Waals surface area contributed by atoms with E-state index in [1.54, 1.807) is 24.3 Å². The smallest absolute Gasteiger partial charge is 0.253 e. The van der Waals surface area contributed by atoms with Gasteiger partial charge in [-0.15, -0.1) is 0 Å². The summed E-state index contributed by atoms with van der Waals surface area (Å²) < 4.78 is 5.55. The number of rotatable bonds is 3. The van der Waals surface area contributed by atoms with E-state index in [1.165, 1.54) is 5.57 Å². The fourth-order valence-corrected chi connectivity index (χ4v) is 3.55. The number of ether oxygens (including phenoxy) is 1. The molecule has 0 bridgehead atoms. The van der Waals surface area contributed by atoms with Gasteiger partial charge in [0.15, 0.2) is 0 Å². The molecule has 0 atom stereocenters. The van der Waals surface area contributed by atoms with Gasteiger partial charge in [-0.2, -0.15) is 0 Å². The highest BCUT2D eigenvalue weighted by Crippen LogP contribution is 2.22. The molecule has 4 rings (SSSR count). The van der Waals surface area contributed by atoms with Crippen molar-refractivity contribution >= 4 is 29.5 Å². The Balaban J connectivity index is 1.41. The van der Waals surface area contributed by atoms with E-state index >= 15 is 0 Å². The van der Waals surface area contributed by atoms with E-state index in [1.807, 2.05) is 17.0 Å². The van der Waals surface area contributed by atoms with E-state index in [9.17, 15) is 4.79 Å². The van der Waals surface area contributed by atoms with E-state index < -0.39 is 0 Å². The fraction of sp³-hybridized carbons (Fsp3) is 0.273. The van der Waals surface area contributed by atoms with Crippen LogP contribution in [0.15, 0.2) is 59.1 Å². The molecular weight excluding hydrogens is 360 g/mol. The summed E-state index contributed by atoms with van der Waals surface area (Å²) in [5.41, 5.74) is 4.23. The average molecular weight is 381 g/mol. The lowest BCUT2D eigenvalue weighted by molar-refractivity contribution is 0.0744. The van der Waals surface area contributed by atoms with Crippen LogP contribution in [0.25, 0.3) is 6.08 Å². The fourth-order valence-electron chi connectivity index (χ4n) is 3.42. The topological polar surface area (TPSA) is 41.9 Å². The Hall–Kier alpha value is -2.59. The first kappa shape index (κ1) is 17.8. The monoisotopic (exact) mass is 380 g/mol.